The lowest BCUT2D eigenvalue weighted by atomic mass is 10.1. The number of aryl methyl sites for hydroxylation is 3. The van der Waals surface area contributed by atoms with E-state index in [9.17, 15) is 0 Å². The van der Waals surface area contributed by atoms with Crippen LogP contribution >= 0.6 is 0 Å². The molecule has 1 fully saturated rings. The molecule has 0 saturated heterocycles. The number of hydrogen-bond donors (Lipinski definition) is 0. The molecule has 2 aromatic rings. The van der Waals surface area contributed by atoms with Crippen molar-refractivity contribution in [2.24, 2.45) is 0 Å². The third-order valence-electron chi connectivity index (χ3n) is 3.26. The Bertz CT molecular complexity index is 504. The van der Waals surface area contributed by atoms with E-state index in [4.69, 9.17) is 0 Å². The third kappa shape index (κ3) is 8.46. The Morgan fingerprint density at radius 3 is 1.45 bits per heavy atom. The molecule has 1 aliphatic carbocycles. The number of benzene rings is 2. The van der Waals surface area contributed by atoms with Crippen molar-refractivity contribution < 1.29 is 0 Å². The van der Waals surface area contributed by atoms with Crippen molar-refractivity contribution in [3.05, 3.63) is 83.9 Å². The Hall–Kier alpha value is -1.82. The van der Waals surface area contributed by atoms with E-state index in [1.54, 1.807) is 5.56 Å². The number of hydrogen-bond acceptors (Lipinski definition) is 0. The summed E-state index contributed by atoms with van der Waals surface area (Å²) in [6.07, 6.45) is 2.81. The molecule has 3 rings (SSSR count). The number of rotatable bonds is 1. The second-order valence-electron chi connectivity index (χ2n) is 5.35. The Morgan fingerprint density at radius 1 is 0.727 bits per heavy atom. The van der Waals surface area contributed by atoms with Gasteiger partial charge in [-0.2, -0.15) is 0 Å². The van der Waals surface area contributed by atoms with Crippen LogP contribution in [0.5, 0.6) is 0 Å². The van der Waals surface area contributed by atoms with Crippen molar-refractivity contribution in [1.82, 2.24) is 0 Å². The van der Waals surface area contributed by atoms with E-state index in [1.807, 2.05) is 13.8 Å². The predicted octanol–water partition coefficient (Wildman–Crippen LogP) is 7.00. The van der Waals surface area contributed by atoms with Crippen LogP contribution < -0.4 is 0 Å². The minimum atomic E-state index is 0.903. The Kier molecular flexibility index (Phi) is 10.8. The molecular weight excluding hydrogens is 264 g/mol. The first kappa shape index (κ1) is 20.2. The highest BCUT2D eigenvalue weighted by Gasteiger charge is 2.22. The van der Waals surface area contributed by atoms with E-state index in [2.05, 4.69) is 82.5 Å². The topological polar surface area (TPSA) is 0 Å². The van der Waals surface area contributed by atoms with Gasteiger partial charge in [-0.1, -0.05) is 79.1 Å². The van der Waals surface area contributed by atoms with Crippen LogP contribution in [-0.2, 0) is 0 Å². The average Bonchev–Trinajstić information content (AvgIpc) is 3.37. The summed E-state index contributed by atoms with van der Waals surface area (Å²) in [6.45, 7) is 16.4. The summed E-state index contributed by atoms with van der Waals surface area (Å²) in [4.78, 5) is 0. The Labute approximate surface area is 137 Å². The molecule has 0 nitrogen and oxygen atoms in total. The maximum Gasteiger partial charge on any atom is -0.0161 e. The first-order chi connectivity index (χ1) is 10.6. The van der Waals surface area contributed by atoms with Crippen LogP contribution in [0.4, 0.5) is 0 Å². The highest BCUT2D eigenvalue weighted by molar-refractivity contribution is 5.28. The maximum absolute atomic E-state index is 3.00. The first-order valence-electron chi connectivity index (χ1n) is 8.25. The van der Waals surface area contributed by atoms with E-state index < -0.39 is 0 Å². The molecule has 0 radical (unpaired) electrons. The zero-order valence-corrected chi connectivity index (χ0v) is 15.0. The van der Waals surface area contributed by atoms with Gasteiger partial charge in [0.05, 0.1) is 0 Å². The fraction of sp³-hybridized carbons (Fsp3) is 0.364. The van der Waals surface area contributed by atoms with Gasteiger partial charge in [0, 0.05) is 0 Å². The van der Waals surface area contributed by atoms with Crippen molar-refractivity contribution in [2.75, 3.05) is 0 Å². The highest BCUT2D eigenvalue weighted by atomic mass is 14.3. The van der Waals surface area contributed by atoms with E-state index in [-0.39, 0.29) is 0 Å². The molecule has 1 saturated carbocycles. The molecule has 2 aromatic carbocycles. The van der Waals surface area contributed by atoms with Crippen LogP contribution in [0, 0.1) is 20.8 Å². The highest BCUT2D eigenvalue weighted by Crippen LogP contribution is 2.39. The molecule has 0 unspecified atom stereocenters. The molecule has 0 bridgehead atoms. The van der Waals surface area contributed by atoms with Gasteiger partial charge in [-0.25, -0.2) is 0 Å². The van der Waals surface area contributed by atoms with Gasteiger partial charge in [0.1, 0.15) is 0 Å². The van der Waals surface area contributed by atoms with E-state index in [0.29, 0.717) is 0 Å². The fourth-order valence-corrected chi connectivity index (χ4v) is 2.15. The molecule has 1 aliphatic rings. The summed E-state index contributed by atoms with van der Waals surface area (Å²) in [5.41, 5.74) is 5.61. The normalized spacial score (nSPS) is 11.7. The zero-order valence-electron chi connectivity index (χ0n) is 15.0. The van der Waals surface area contributed by atoms with Gasteiger partial charge >= 0.3 is 0 Å². The van der Waals surface area contributed by atoms with Crippen LogP contribution in [0.3, 0.4) is 0 Å². The van der Waals surface area contributed by atoms with Gasteiger partial charge < -0.3 is 0 Å². The Balaban J connectivity index is 0.000000333. The van der Waals surface area contributed by atoms with E-state index >= 15 is 0 Å². The first-order valence-corrected chi connectivity index (χ1v) is 8.25. The lowest BCUT2D eigenvalue weighted by Crippen LogP contribution is -1.78. The molecule has 0 spiro atoms. The van der Waals surface area contributed by atoms with Gasteiger partial charge in [-0.3, -0.25) is 0 Å². The van der Waals surface area contributed by atoms with Gasteiger partial charge in [0.25, 0.3) is 0 Å². The third-order valence-corrected chi connectivity index (χ3v) is 3.26. The monoisotopic (exact) mass is 296 g/mol. The quantitative estimate of drug-likeness (QED) is 0.497. The second-order valence-corrected chi connectivity index (χ2v) is 5.35. The summed E-state index contributed by atoms with van der Waals surface area (Å²) in [5, 5.41) is 0. The van der Waals surface area contributed by atoms with Crippen LogP contribution in [0.25, 0.3) is 0 Å². The molecule has 0 atom stereocenters. The van der Waals surface area contributed by atoms with Gasteiger partial charge in [0.15, 0.2) is 0 Å². The minimum Gasteiger partial charge on any atom is -0.106 e. The van der Waals surface area contributed by atoms with E-state index in [0.717, 1.165) is 5.92 Å². The fourth-order valence-electron chi connectivity index (χ4n) is 2.15. The molecule has 0 aliphatic heterocycles. The lowest BCUT2D eigenvalue weighted by molar-refractivity contribution is 1.12. The summed E-state index contributed by atoms with van der Waals surface area (Å²) in [5.74, 6) is 0.903. The molecule has 0 heterocycles. The SMILES string of the molecule is C=C.CC.Cc1cccc(C)c1.Cc1cccc(C2CC2)c1. The van der Waals surface area contributed by atoms with Gasteiger partial charge in [0.2, 0.25) is 0 Å². The molecule has 120 valence electrons. The lowest BCUT2D eigenvalue weighted by Gasteiger charge is -1.97. The average molecular weight is 296 g/mol. The molecule has 0 amide bonds. The van der Waals surface area contributed by atoms with E-state index in [1.165, 1.54) is 29.5 Å². The summed E-state index contributed by atoms with van der Waals surface area (Å²) in [7, 11) is 0. The largest absolute Gasteiger partial charge is 0.106 e. The van der Waals surface area contributed by atoms with Crippen LogP contribution in [0.1, 0.15) is 54.9 Å². The molecular formula is C22H32. The molecule has 0 heteroatoms. The van der Waals surface area contributed by atoms with Crippen molar-refractivity contribution in [2.45, 2.75) is 53.4 Å². The van der Waals surface area contributed by atoms with Crippen LogP contribution in [-0.4, -0.2) is 0 Å². The molecule has 0 aromatic heterocycles. The predicted molar refractivity (Wildman–Crippen MR) is 102 cm³/mol. The van der Waals surface area contributed by atoms with Gasteiger partial charge in [-0.15, -0.1) is 13.2 Å². The van der Waals surface area contributed by atoms with Crippen molar-refractivity contribution in [1.29, 1.82) is 0 Å². The van der Waals surface area contributed by atoms with Crippen molar-refractivity contribution >= 4 is 0 Å². The summed E-state index contributed by atoms with van der Waals surface area (Å²) < 4.78 is 0. The summed E-state index contributed by atoms with van der Waals surface area (Å²) >= 11 is 0. The van der Waals surface area contributed by atoms with Crippen LogP contribution in [0.2, 0.25) is 0 Å². The zero-order chi connectivity index (χ0) is 17.0. The minimum absolute atomic E-state index is 0.903. The molecule has 0 N–H and O–H groups in total. The summed E-state index contributed by atoms with van der Waals surface area (Å²) in [6, 6.07) is 17.3. The smallest absolute Gasteiger partial charge is 0.0161 e. The maximum atomic E-state index is 3.00. The molecule has 22 heavy (non-hydrogen) atoms. The standard InChI is InChI=1S/C10H12.C8H10.C2H6.C2H4/c1-8-3-2-4-10(7-8)9-5-6-9;1-7-4-3-5-8(2)6-7;2*1-2/h2-4,7,9H,5-6H2,1H3;3-6H,1-2H3;1-2H3;1-2H2. The second kappa shape index (κ2) is 11.8. The van der Waals surface area contributed by atoms with Gasteiger partial charge in [-0.05, 0) is 45.1 Å². The van der Waals surface area contributed by atoms with Crippen molar-refractivity contribution in [3.8, 4) is 0 Å². The van der Waals surface area contributed by atoms with Crippen molar-refractivity contribution in [3.63, 3.8) is 0 Å². The Morgan fingerprint density at radius 2 is 1.14 bits per heavy atom. The van der Waals surface area contributed by atoms with Crippen LogP contribution in [0.15, 0.2) is 61.7 Å².